The molecule has 1 aromatic heterocycles. The van der Waals surface area contributed by atoms with Gasteiger partial charge in [-0.3, -0.25) is 9.58 Å². The zero-order chi connectivity index (χ0) is 41.1. The Labute approximate surface area is 362 Å². The van der Waals surface area contributed by atoms with Crippen LogP contribution in [0.15, 0.2) is 128 Å². The van der Waals surface area contributed by atoms with Crippen molar-refractivity contribution < 1.29 is 23.7 Å². The third kappa shape index (κ3) is 11.4. The molecule has 0 radical (unpaired) electrons. The van der Waals surface area contributed by atoms with E-state index in [1.54, 1.807) is 0 Å². The molecule has 61 heavy (non-hydrogen) atoms. The predicted octanol–water partition coefficient (Wildman–Crippen LogP) is 9.45. The smallest absolute Gasteiger partial charge is 0.113 e. The fourth-order valence-electron chi connectivity index (χ4n) is 11.2. The molecule has 9 heteroatoms. The summed E-state index contributed by atoms with van der Waals surface area (Å²) in [5.41, 5.74) is 5.87. The first-order chi connectivity index (χ1) is 30.1. The Hall–Kier alpha value is -4.22. The van der Waals surface area contributed by atoms with Gasteiger partial charge in [0, 0.05) is 13.1 Å². The number of nitrogens with zero attached hydrogens (tertiary/aromatic N) is 4. The fraction of sp³-hybridized carbons (Fsp3) is 0.500. The molecule has 9 nitrogen and oxygen atoms in total. The van der Waals surface area contributed by atoms with Crippen LogP contribution in [0.2, 0.25) is 0 Å². The van der Waals surface area contributed by atoms with Gasteiger partial charge in [-0.05, 0) is 103 Å². The second kappa shape index (κ2) is 20.8. The van der Waals surface area contributed by atoms with Crippen molar-refractivity contribution in [2.24, 2.45) is 23.2 Å². The molecule has 5 aromatic rings. The first kappa shape index (κ1) is 42.1. The molecule has 0 amide bonds. The van der Waals surface area contributed by atoms with Crippen LogP contribution in [-0.4, -0.2) is 70.6 Å². The molecule has 0 spiro atoms. The van der Waals surface area contributed by atoms with Crippen LogP contribution in [0, 0.1) is 23.2 Å². The summed E-state index contributed by atoms with van der Waals surface area (Å²) in [6, 6.07) is 41.6. The second-order valence-corrected chi connectivity index (χ2v) is 18.5. The van der Waals surface area contributed by atoms with Crippen LogP contribution in [0.3, 0.4) is 0 Å². The maximum atomic E-state index is 7.02. The molecule has 4 bridgehead atoms. The maximum absolute atomic E-state index is 7.02. The molecular weight excluding hydrogens is 761 g/mol. The lowest BCUT2D eigenvalue weighted by Crippen LogP contribution is -2.64. The lowest BCUT2D eigenvalue weighted by molar-refractivity contribution is -0.210. The molecule has 0 unspecified atom stereocenters. The first-order valence-electron chi connectivity index (χ1n) is 22.9. The summed E-state index contributed by atoms with van der Waals surface area (Å²) in [5, 5.41) is 9.02. The van der Waals surface area contributed by atoms with Crippen LogP contribution in [0.5, 0.6) is 0 Å². The van der Waals surface area contributed by atoms with Gasteiger partial charge in [-0.2, -0.15) is 0 Å². The van der Waals surface area contributed by atoms with Crippen LogP contribution in [0.25, 0.3) is 0 Å². The number of unbranched alkanes of at least 4 members (excludes halogenated alkanes) is 1. The highest BCUT2D eigenvalue weighted by Gasteiger charge is 2.51. The van der Waals surface area contributed by atoms with Crippen molar-refractivity contribution in [3.8, 4) is 0 Å². The number of benzene rings is 4. The largest absolute Gasteiger partial charge is 0.375 e. The van der Waals surface area contributed by atoms with Gasteiger partial charge in [0.2, 0.25) is 0 Å². The predicted molar refractivity (Wildman–Crippen MR) is 236 cm³/mol. The van der Waals surface area contributed by atoms with Crippen LogP contribution in [0.4, 0.5) is 0 Å². The minimum absolute atomic E-state index is 0.0612. The molecule has 2 heterocycles. The quantitative estimate of drug-likeness (QED) is 0.0640. The van der Waals surface area contributed by atoms with Gasteiger partial charge in [0.05, 0.1) is 64.6 Å². The van der Waals surface area contributed by atoms with Crippen molar-refractivity contribution in [2.45, 2.75) is 115 Å². The van der Waals surface area contributed by atoms with Crippen molar-refractivity contribution in [1.29, 1.82) is 0 Å². The lowest BCUT2D eigenvalue weighted by Gasteiger charge is -2.56. The molecule has 4 aromatic carbocycles. The van der Waals surface area contributed by atoms with Gasteiger partial charge >= 0.3 is 0 Å². The van der Waals surface area contributed by atoms with E-state index < -0.39 is 0 Å². The van der Waals surface area contributed by atoms with E-state index in [0.717, 1.165) is 78.2 Å². The molecule has 5 aliphatic rings. The van der Waals surface area contributed by atoms with Gasteiger partial charge < -0.3 is 23.7 Å². The molecule has 1 saturated heterocycles. The Morgan fingerprint density at radius 2 is 1.05 bits per heavy atom. The summed E-state index contributed by atoms with van der Waals surface area (Å²) < 4.78 is 35.8. The van der Waals surface area contributed by atoms with Crippen molar-refractivity contribution in [2.75, 3.05) is 26.3 Å². The highest BCUT2D eigenvalue weighted by atomic mass is 16.6. The number of rotatable bonds is 22. The summed E-state index contributed by atoms with van der Waals surface area (Å²) in [7, 11) is 0. The molecule has 1 aliphatic heterocycles. The molecule has 4 saturated carbocycles. The molecule has 322 valence electrons. The Morgan fingerprint density at radius 1 is 0.541 bits per heavy atom. The van der Waals surface area contributed by atoms with Gasteiger partial charge in [0.1, 0.15) is 17.9 Å². The van der Waals surface area contributed by atoms with E-state index >= 15 is 0 Å². The number of piperidine rings is 1. The van der Waals surface area contributed by atoms with E-state index in [2.05, 4.69) is 118 Å². The molecular formula is C52H64N4O5. The van der Waals surface area contributed by atoms with Gasteiger partial charge in [0.15, 0.2) is 0 Å². The van der Waals surface area contributed by atoms with Crippen LogP contribution in [-0.2, 0) is 63.3 Å². The summed E-state index contributed by atoms with van der Waals surface area (Å²) in [4.78, 5) is 2.53. The summed E-state index contributed by atoms with van der Waals surface area (Å²) in [6.45, 7) is 6.23. The number of hydrogen-bond donors (Lipinski definition) is 0. The zero-order valence-electron chi connectivity index (χ0n) is 35.7. The van der Waals surface area contributed by atoms with Gasteiger partial charge in [-0.1, -0.05) is 127 Å². The Kier molecular flexibility index (Phi) is 14.3. The average Bonchev–Trinajstić information content (AvgIpc) is 3.74. The van der Waals surface area contributed by atoms with Gasteiger partial charge in [-0.15, -0.1) is 5.10 Å². The van der Waals surface area contributed by atoms with Crippen molar-refractivity contribution >= 4 is 0 Å². The van der Waals surface area contributed by atoms with Crippen molar-refractivity contribution in [3.63, 3.8) is 0 Å². The zero-order valence-corrected chi connectivity index (χ0v) is 35.7. The van der Waals surface area contributed by atoms with Crippen molar-refractivity contribution in [1.82, 2.24) is 19.9 Å². The maximum Gasteiger partial charge on any atom is 0.113 e. The van der Waals surface area contributed by atoms with Crippen molar-refractivity contribution in [3.05, 3.63) is 155 Å². The van der Waals surface area contributed by atoms with E-state index in [9.17, 15) is 0 Å². The van der Waals surface area contributed by atoms with E-state index in [-0.39, 0.29) is 24.4 Å². The number of ether oxygens (including phenoxy) is 5. The second-order valence-electron chi connectivity index (χ2n) is 18.5. The fourth-order valence-corrected chi connectivity index (χ4v) is 11.2. The molecule has 4 atom stereocenters. The summed E-state index contributed by atoms with van der Waals surface area (Å²) in [6.07, 6.45) is 11.6. The third-order valence-corrected chi connectivity index (χ3v) is 13.7. The first-order valence-corrected chi connectivity index (χ1v) is 22.9. The van der Waals surface area contributed by atoms with E-state index in [1.165, 1.54) is 38.5 Å². The topological polar surface area (TPSA) is 80.1 Å². The standard InChI is InChI=1S/C52H64N4O5/c1-5-15-40(16-6-1)33-57-38-48-50(60-35-42-19-9-3-10-20-42)51(61-36-43-21-11-4-12-22-43)49(59-34-41-17-7-2-8-18-41)32-55(48)23-13-14-24-56-31-47(53-54-56)37-58-39-52-28-44-25-45(29-52)27-46(26-44)30-52/h1-12,15-22,31,44-46,48-51H,13-14,23-30,32-39H2/t44?,45?,46?,48-,49+,50-,51-,52?/m1/s1. The van der Waals surface area contributed by atoms with Gasteiger partial charge in [0.25, 0.3) is 0 Å². The Bertz CT molecular complexity index is 2000. The summed E-state index contributed by atoms with van der Waals surface area (Å²) >= 11 is 0. The minimum atomic E-state index is -0.326. The molecule has 0 N–H and O–H groups in total. The van der Waals surface area contributed by atoms with Crippen LogP contribution < -0.4 is 0 Å². The molecule has 10 rings (SSSR count). The lowest BCUT2D eigenvalue weighted by atomic mass is 9.50. The van der Waals surface area contributed by atoms with E-state index in [0.29, 0.717) is 51.6 Å². The minimum Gasteiger partial charge on any atom is -0.375 e. The highest BCUT2D eigenvalue weighted by Crippen LogP contribution is 2.60. The van der Waals surface area contributed by atoms with E-state index in [4.69, 9.17) is 23.7 Å². The Balaban J connectivity index is 0.878. The number of likely N-dealkylation sites (tertiary alicyclic amines) is 1. The van der Waals surface area contributed by atoms with Gasteiger partial charge in [-0.25, -0.2) is 0 Å². The van der Waals surface area contributed by atoms with E-state index in [1.807, 2.05) is 28.9 Å². The third-order valence-electron chi connectivity index (χ3n) is 13.7. The monoisotopic (exact) mass is 824 g/mol. The number of aryl methyl sites for hydroxylation is 1. The Morgan fingerprint density at radius 3 is 1.62 bits per heavy atom. The highest BCUT2D eigenvalue weighted by molar-refractivity contribution is 5.17. The van der Waals surface area contributed by atoms with Crippen LogP contribution in [0.1, 0.15) is 79.3 Å². The SMILES string of the molecule is c1ccc(COC[C@@H]2[C@@H](OCc3ccccc3)[C@H](OCc3ccccc3)[C@@H](OCc3ccccc3)CN2CCCCn2cc(COCC34CC5CC(CC(C5)C3)C4)nn2)cc1. The van der Waals surface area contributed by atoms with Crippen LogP contribution >= 0.6 is 0 Å². The average molecular weight is 825 g/mol. The number of hydrogen-bond acceptors (Lipinski definition) is 8. The molecule has 5 fully saturated rings. The molecule has 4 aliphatic carbocycles. The normalized spacial score (nSPS) is 27.1. The summed E-state index contributed by atoms with van der Waals surface area (Å²) in [5.74, 6) is 2.81. The number of aromatic nitrogens is 3.